The fourth-order valence-electron chi connectivity index (χ4n) is 3.49. The maximum absolute atomic E-state index is 8.64. The molecule has 29 heavy (non-hydrogen) atoms. The summed E-state index contributed by atoms with van der Waals surface area (Å²) in [5.41, 5.74) is 5.61. The van der Waals surface area contributed by atoms with Gasteiger partial charge in [0, 0.05) is 24.5 Å². The van der Waals surface area contributed by atoms with Crippen molar-refractivity contribution in [2.45, 2.75) is 19.8 Å². The molecule has 0 fully saturated rings. The first-order valence-corrected chi connectivity index (χ1v) is 9.89. The lowest BCUT2D eigenvalue weighted by atomic mass is 9.92. The van der Waals surface area contributed by atoms with Crippen molar-refractivity contribution < 1.29 is 4.74 Å². The minimum Gasteiger partial charge on any atom is -0.475 e. The van der Waals surface area contributed by atoms with Crippen molar-refractivity contribution in [1.29, 1.82) is 5.41 Å². The van der Waals surface area contributed by atoms with Crippen molar-refractivity contribution >= 4 is 28.2 Å². The maximum atomic E-state index is 8.64. The first-order valence-electron chi connectivity index (χ1n) is 9.89. The fraction of sp³-hybridized carbons (Fsp3) is 0.318. The normalized spacial score (nSPS) is 15.2. The van der Waals surface area contributed by atoms with Crippen LogP contribution in [0.3, 0.4) is 0 Å². The summed E-state index contributed by atoms with van der Waals surface area (Å²) in [6, 6.07) is 7.79. The van der Waals surface area contributed by atoms with E-state index in [2.05, 4.69) is 21.9 Å². The standard InChI is InChI=1S/C22H26N6O/c1-4-15-14-17(19(23)16-9-10-24-20(15)16)25-21-18-8-5-6-12-28(18)26-22(21)29-13-7-11-27(2)3/h5-6,8-10,12,14,23-24H,4,7,11,13H2,1-3H3. The third-order valence-electron chi connectivity index (χ3n) is 4.99. The van der Waals surface area contributed by atoms with E-state index in [1.54, 1.807) is 4.52 Å². The summed E-state index contributed by atoms with van der Waals surface area (Å²) in [7, 11) is 4.09. The second-order valence-electron chi connectivity index (χ2n) is 7.35. The second-order valence-corrected chi connectivity index (χ2v) is 7.35. The number of rotatable bonds is 7. The predicted octanol–water partition coefficient (Wildman–Crippen LogP) is 3.94. The molecule has 0 spiro atoms. The van der Waals surface area contributed by atoms with E-state index in [0.29, 0.717) is 29.6 Å². The molecule has 0 aliphatic heterocycles. The van der Waals surface area contributed by atoms with Crippen LogP contribution in [0.2, 0.25) is 0 Å². The number of aromatic amines is 1. The van der Waals surface area contributed by atoms with E-state index in [-0.39, 0.29) is 0 Å². The summed E-state index contributed by atoms with van der Waals surface area (Å²) in [6.07, 6.45) is 7.51. The van der Waals surface area contributed by atoms with E-state index < -0.39 is 0 Å². The molecule has 0 radical (unpaired) electrons. The van der Waals surface area contributed by atoms with Gasteiger partial charge in [0.2, 0.25) is 0 Å². The number of allylic oxidation sites excluding steroid dienone is 2. The molecule has 0 aromatic carbocycles. The number of fused-ring (bicyclic) bond motifs is 2. The van der Waals surface area contributed by atoms with Crippen LogP contribution < -0.4 is 4.74 Å². The van der Waals surface area contributed by atoms with Crippen LogP contribution >= 0.6 is 0 Å². The second kappa shape index (κ2) is 8.05. The van der Waals surface area contributed by atoms with Crippen LogP contribution in [-0.4, -0.2) is 58.2 Å². The van der Waals surface area contributed by atoms with E-state index in [1.807, 2.05) is 56.8 Å². The number of nitrogens with zero attached hydrogens (tertiary/aromatic N) is 4. The maximum Gasteiger partial charge on any atom is 0.260 e. The van der Waals surface area contributed by atoms with E-state index in [4.69, 9.17) is 15.1 Å². The molecule has 150 valence electrons. The van der Waals surface area contributed by atoms with Gasteiger partial charge in [-0.05, 0) is 56.8 Å². The third kappa shape index (κ3) is 3.73. The van der Waals surface area contributed by atoms with Crippen molar-refractivity contribution in [3.05, 3.63) is 54.0 Å². The highest BCUT2D eigenvalue weighted by Crippen LogP contribution is 2.34. The van der Waals surface area contributed by atoms with Crippen LogP contribution in [0.15, 0.2) is 47.7 Å². The van der Waals surface area contributed by atoms with Crippen molar-refractivity contribution in [1.82, 2.24) is 19.5 Å². The van der Waals surface area contributed by atoms with Crippen molar-refractivity contribution in [3.8, 4) is 5.88 Å². The van der Waals surface area contributed by atoms with Crippen molar-refractivity contribution in [2.24, 2.45) is 4.99 Å². The molecule has 3 aromatic heterocycles. The predicted molar refractivity (Wildman–Crippen MR) is 117 cm³/mol. The smallest absolute Gasteiger partial charge is 0.260 e. The Morgan fingerprint density at radius 2 is 2.14 bits per heavy atom. The molecule has 4 rings (SSSR count). The number of ether oxygens (including phenoxy) is 1. The Morgan fingerprint density at radius 1 is 1.28 bits per heavy atom. The lowest BCUT2D eigenvalue weighted by molar-refractivity contribution is 0.273. The highest BCUT2D eigenvalue weighted by molar-refractivity contribution is 6.54. The Labute approximate surface area is 170 Å². The molecule has 0 amide bonds. The van der Waals surface area contributed by atoms with Gasteiger partial charge in [0.15, 0.2) is 5.69 Å². The Morgan fingerprint density at radius 3 is 2.93 bits per heavy atom. The zero-order chi connectivity index (χ0) is 20.4. The Hall–Kier alpha value is -3.19. The quantitative estimate of drug-likeness (QED) is 0.600. The van der Waals surface area contributed by atoms with Gasteiger partial charge in [0.1, 0.15) is 0 Å². The highest BCUT2D eigenvalue weighted by atomic mass is 16.5. The lowest BCUT2D eigenvalue weighted by Gasteiger charge is -2.15. The molecule has 0 saturated heterocycles. The van der Waals surface area contributed by atoms with Gasteiger partial charge in [-0.15, -0.1) is 5.10 Å². The van der Waals surface area contributed by atoms with Crippen molar-refractivity contribution in [2.75, 3.05) is 27.2 Å². The Kier molecular flexibility index (Phi) is 5.31. The van der Waals surface area contributed by atoms with Crippen molar-refractivity contribution in [3.63, 3.8) is 0 Å². The average Bonchev–Trinajstić information content (AvgIpc) is 3.33. The number of nitrogens with one attached hydrogen (secondary N) is 2. The van der Waals surface area contributed by atoms with Gasteiger partial charge in [-0.2, -0.15) is 0 Å². The molecule has 0 unspecified atom stereocenters. The number of hydrogen-bond donors (Lipinski definition) is 2. The molecule has 7 heteroatoms. The number of pyridine rings is 1. The van der Waals surface area contributed by atoms with Gasteiger partial charge in [0.25, 0.3) is 5.88 Å². The molecule has 2 N–H and O–H groups in total. The van der Waals surface area contributed by atoms with Gasteiger partial charge in [-0.3, -0.25) is 5.41 Å². The molecule has 0 saturated carbocycles. The molecular weight excluding hydrogens is 364 g/mol. The zero-order valence-corrected chi connectivity index (χ0v) is 17.1. The largest absolute Gasteiger partial charge is 0.475 e. The number of aliphatic imine (C=N–C) groups is 1. The summed E-state index contributed by atoms with van der Waals surface area (Å²) in [5.74, 6) is 0.501. The Balaban J connectivity index is 1.73. The van der Waals surface area contributed by atoms with Crippen LogP contribution in [0, 0.1) is 5.41 Å². The number of hydrogen-bond acceptors (Lipinski definition) is 5. The van der Waals surface area contributed by atoms with Crippen LogP contribution in [0.5, 0.6) is 5.88 Å². The van der Waals surface area contributed by atoms with Gasteiger partial charge >= 0.3 is 0 Å². The molecule has 1 aliphatic carbocycles. The topological polar surface area (TPSA) is 81.8 Å². The molecule has 0 bridgehead atoms. The molecule has 3 heterocycles. The molecule has 3 aromatic rings. The number of H-pyrrole nitrogens is 1. The minimum atomic E-state index is 0.410. The summed E-state index contributed by atoms with van der Waals surface area (Å²) < 4.78 is 7.77. The average molecular weight is 390 g/mol. The van der Waals surface area contributed by atoms with E-state index in [9.17, 15) is 0 Å². The first kappa shape index (κ1) is 19.1. The highest BCUT2D eigenvalue weighted by Gasteiger charge is 2.23. The molecule has 1 aliphatic rings. The summed E-state index contributed by atoms with van der Waals surface area (Å²) in [5, 5.41) is 13.2. The van der Waals surface area contributed by atoms with E-state index in [1.165, 1.54) is 0 Å². The summed E-state index contributed by atoms with van der Waals surface area (Å²) in [4.78, 5) is 10.2. The van der Waals surface area contributed by atoms with E-state index in [0.717, 1.165) is 41.7 Å². The van der Waals surface area contributed by atoms with Crippen LogP contribution in [0.4, 0.5) is 5.69 Å². The number of aromatic nitrogens is 3. The van der Waals surface area contributed by atoms with Gasteiger partial charge in [0.05, 0.1) is 29.2 Å². The van der Waals surface area contributed by atoms with Gasteiger partial charge < -0.3 is 14.6 Å². The first-order chi connectivity index (χ1) is 14.1. The monoisotopic (exact) mass is 390 g/mol. The van der Waals surface area contributed by atoms with Gasteiger partial charge in [-0.25, -0.2) is 9.51 Å². The summed E-state index contributed by atoms with van der Waals surface area (Å²) in [6.45, 7) is 3.62. The van der Waals surface area contributed by atoms with Crippen LogP contribution in [0.25, 0.3) is 11.1 Å². The molecule has 7 nitrogen and oxygen atoms in total. The Bertz CT molecular complexity index is 1100. The zero-order valence-electron chi connectivity index (χ0n) is 17.1. The molecule has 0 atom stereocenters. The summed E-state index contributed by atoms with van der Waals surface area (Å²) >= 11 is 0. The van der Waals surface area contributed by atoms with E-state index >= 15 is 0 Å². The minimum absolute atomic E-state index is 0.410. The molecular formula is C22H26N6O. The van der Waals surface area contributed by atoms with Crippen LogP contribution in [-0.2, 0) is 0 Å². The van der Waals surface area contributed by atoms with Crippen LogP contribution in [0.1, 0.15) is 31.0 Å². The lowest BCUT2D eigenvalue weighted by Crippen LogP contribution is -2.18. The fourth-order valence-corrected chi connectivity index (χ4v) is 3.49. The third-order valence-corrected chi connectivity index (χ3v) is 4.99. The van der Waals surface area contributed by atoms with Gasteiger partial charge in [-0.1, -0.05) is 13.0 Å². The SMILES string of the molecule is CCC1=CC(=Nc2c(OCCCN(C)C)nn3ccccc23)C(=N)c2cc[nH]c21.